The third-order valence-electron chi connectivity index (χ3n) is 4.68. The first-order chi connectivity index (χ1) is 13.0. The molecule has 3 rings (SSSR count). The summed E-state index contributed by atoms with van der Waals surface area (Å²) in [4.78, 5) is 20.9. The first kappa shape index (κ1) is 19.2. The van der Waals surface area contributed by atoms with Gasteiger partial charge in [-0.25, -0.2) is 4.79 Å². The molecular formula is C21H28N4O2. The molecule has 0 bridgehead atoms. The number of para-hydroxylation sites is 2. The molecule has 1 saturated heterocycles. The van der Waals surface area contributed by atoms with Crippen LogP contribution >= 0.6 is 0 Å². The minimum Gasteiger partial charge on any atom is -0.372 e. The van der Waals surface area contributed by atoms with E-state index < -0.39 is 0 Å². The van der Waals surface area contributed by atoms with Crippen molar-refractivity contribution in [1.29, 1.82) is 0 Å². The van der Waals surface area contributed by atoms with Gasteiger partial charge in [-0.3, -0.25) is 4.98 Å². The third-order valence-corrected chi connectivity index (χ3v) is 4.68. The first-order valence-electron chi connectivity index (χ1n) is 9.44. The number of benzene rings is 1. The molecular weight excluding hydrogens is 340 g/mol. The van der Waals surface area contributed by atoms with Crippen LogP contribution < -0.4 is 10.2 Å². The van der Waals surface area contributed by atoms with Crippen LogP contribution in [0.2, 0.25) is 0 Å². The minimum atomic E-state index is -0.118. The second-order valence-corrected chi connectivity index (χ2v) is 7.10. The van der Waals surface area contributed by atoms with Gasteiger partial charge in [0.1, 0.15) is 0 Å². The van der Waals surface area contributed by atoms with Crippen LogP contribution in [0.4, 0.5) is 16.2 Å². The number of ether oxygens (including phenoxy) is 1. The summed E-state index contributed by atoms with van der Waals surface area (Å²) in [5.41, 5.74) is 2.84. The lowest BCUT2D eigenvalue weighted by molar-refractivity contribution is -0.00517. The van der Waals surface area contributed by atoms with E-state index in [1.54, 1.807) is 18.1 Å². The van der Waals surface area contributed by atoms with Crippen LogP contribution in [0.25, 0.3) is 0 Å². The highest BCUT2D eigenvalue weighted by Gasteiger charge is 2.24. The lowest BCUT2D eigenvalue weighted by Gasteiger charge is -2.37. The molecule has 6 nitrogen and oxygen atoms in total. The van der Waals surface area contributed by atoms with Crippen LogP contribution in [0.1, 0.15) is 19.5 Å². The van der Waals surface area contributed by atoms with Crippen molar-refractivity contribution in [3.63, 3.8) is 0 Å². The number of hydrogen-bond acceptors (Lipinski definition) is 4. The number of nitrogens with zero attached hydrogens (tertiary/aromatic N) is 3. The van der Waals surface area contributed by atoms with E-state index in [9.17, 15) is 4.79 Å². The maximum atomic E-state index is 12.6. The number of amides is 2. The molecule has 0 aliphatic carbocycles. The van der Waals surface area contributed by atoms with Gasteiger partial charge in [0.05, 0.1) is 23.6 Å². The van der Waals surface area contributed by atoms with Crippen LogP contribution in [0.3, 0.4) is 0 Å². The molecule has 1 aromatic carbocycles. The Balaban J connectivity index is 1.63. The molecule has 144 valence electrons. The molecule has 0 radical (unpaired) electrons. The summed E-state index contributed by atoms with van der Waals surface area (Å²) in [6.07, 6.45) is 2.83. The molecule has 1 aromatic heterocycles. The molecule has 2 aromatic rings. The fourth-order valence-electron chi connectivity index (χ4n) is 3.37. The molecule has 2 amide bonds. The molecule has 1 N–H and O–H groups in total. The Kier molecular flexibility index (Phi) is 6.29. The second kappa shape index (κ2) is 8.86. The van der Waals surface area contributed by atoms with Gasteiger partial charge in [0.15, 0.2) is 0 Å². The van der Waals surface area contributed by atoms with Crippen molar-refractivity contribution in [2.24, 2.45) is 0 Å². The first-order valence-corrected chi connectivity index (χ1v) is 9.44. The number of aromatic nitrogens is 1. The number of carbonyl (C=O) groups excluding carboxylic acids is 1. The van der Waals surface area contributed by atoms with E-state index in [0.29, 0.717) is 6.54 Å². The largest absolute Gasteiger partial charge is 0.372 e. The molecule has 1 aliphatic heterocycles. The van der Waals surface area contributed by atoms with Crippen LogP contribution in [0.15, 0.2) is 48.7 Å². The lowest BCUT2D eigenvalue weighted by Crippen LogP contribution is -2.46. The van der Waals surface area contributed by atoms with Gasteiger partial charge >= 0.3 is 6.03 Å². The Morgan fingerprint density at radius 3 is 2.59 bits per heavy atom. The van der Waals surface area contributed by atoms with Crippen LogP contribution in [-0.4, -0.2) is 54.8 Å². The van der Waals surface area contributed by atoms with Crippen molar-refractivity contribution in [3.05, 3.63) is 54.4 Å². The third kappa shape index (κ3) is 5.20. The van der Waals surface area contributed by atoms with Crippen LogP contribution in [0.5, 0.6) is 0 Å². The normalized spacial score (nSPS) is 19.6. The fourth-order valence-corrected chi connectivity index (χ4v) is 3.37. The smallest absolute Gasteiger partial charge is 0.321 e. The van der Waals surface area contributed by atoms with Crippen molar-refractivity contribution in [2.75, 3.05) is 36.9 Å². The number of rotatable bonds is 5. The van der Waals surface area contributed by atoms with Crippen molar-refractivity contribution in [2.45, 2.75) is 32.5 Å². The van der Waals surface area contributed by atoms with Crippen molar-refractivity contribution in [3.8, 4) is 0 Å². The summed E-state index contributed by atoms with van der Waals surface area (Å²) in [6.45, 7) is 6.39. The predicted octanol–water partition coefficient (Wildman–Crippen LogP) is 3.40. The van der Waals surface area contributed by atoms with Crippen molar-refractivity contribution >= 4 is 17.4 Å². The van der Waals surface area contributed by atoms with Crippen molar-refractivity contribution < 1.29 is 9.53 Å². The maximum Gasteiger partial charge on any atom is 0.321 e. The molecule has 0 unspecified atom stereocenters. The Morgan fingerprint density at radius 1 is 1.19 bits per heavy atom. The van der Waals surface area contributed by atoms with Gasteiger partial charge in [-0.1, -0.05) is 18.2 Å². The number of hydrogen-bond donors (Lipinski definition) is 1. The predicted molar refractivity (Wildman–Crippen MR) is 108 cm³/mol. The number of carbonyl (C=O) groups is 1. The van der Waals surface area contributed by atoms with E-state index in [1.165, 1.54) is 0 Å². The van der Waals surface area contributed by atoms with Crippen LogP contribution in [-0.2, 0) is 11.2 Å². The Bertz CT molecular complexity index is 743. The highest BCUT2D eigenvalue weighted by Crippen LogP contribution is 2.28. The highest BCUT2D eigenvalue weighted by molar-refractivity contribution is 5.93. The highest BCUT2D eigenvalue weighted by atomic mass is 16.5. The Morgan fingerprint density at radius 2 is 1.89 bits per heavy atom. The molecule has 0 spiro atoms. The molecule has 1 aliphatic rings. The quantitative estimate of drug-likeness (QED) is 0.879. The zero-order valence-corrected chi connectivity index (χ0v) is 16.3. The average Bonchev–Trinajstić information content (AvgIpc) is 2.66. The second-order valence-electron chi connectivity index (χ2n) is 7.10. The molecule has 6 heteroatoms. The summed E-state index contributed by atoms with van der Waals surface area (Å²) in [7, 11) is 1.81. The SMILES string of the molecule is C[C@@H]1CN(c2ccccc2NC(=O)N(C)CCc2ccccn2)C[C@@H](C)O1. The average molecular weight is 368 g/mol. The Hall–Kier alpha value is -2.60. The summed E-state index contributed by atoms with van der Waals surface area (Å²) < 4.78 is 5.83. The topological polar surface area (TPSA) is 57.7 Å². The summed E-state index contributed by atoms with van der Waals surface area (Å²) in [6, 6.07) is 13.7. The molecule has 2 atom stereocenters. The Labute approximate surface area is 161 Å². The van der Waals surface area contributed by atoms with Crippen molar-refractivity contribution in [1.82, 2.24) is 9.88 Å². The molecule has 1 fully saturated rings. The fraction of sp³-hybridized carbons (Fsp3) is 0.429. The van der Waals surface area contributed by atoms with E-state index in [4.69, 9.17) is 4.74 Å². The van der Waals surface area contributed by atoms with Gasteiger partial charge in [-0.15, -0.1) is 0 Å². The zero-order valence-electron chi connectivity index (χ0n) is 16.3. The molecule has 0 saturated carbocycles. The number of pyridine rings is 1. The van der Waals surface area contributed by atoms with Gasteiger partial charge in [0, 0.05) is 45.0 Å². The monoisotopic (exact) mass is 368 g/mol. The molecule has 27 heavy (non-hydrogen) atoms. The van der Waals surface area contributed by atoms with E-state index >= 15 is 0 Å². The number of likely N-dealkylation sites (N-methyl/N-ethyl adjacent to an activating group) is 1. The lowest BCUT2D eigenvalue weighted by atomic mass is 10.1. The number of morpholine rings is 1. The molecule has 2 heterocycles. The van der Waals surface area contributed by atoms with E-state index in [-0.39, 0.29) is 18.2 Å². The van der Waals surface area contributed by atoms with Crippen LogP contribution in [0, 0.1) is 0 Å². The van der Waals surface area contributed by atoms with E-state index in [1.807, 2.05) is 42.5 Å². The zero-order chi connectivity index (χ0) is 19.2. The van der Waals surface area contributed by atoms with Gasteiger partial charge < -0.3 is 19.9 Å². The maximum absolute atomic E-state index is 12.6. The van der Waals surface area contributed by atoms with E-state index in [0.717, 1.165) is 36.6 Å². The summed E-state index contributed by atoms with van der Waals surface area (Å²) in [5, 5.41) is 3.06. The summed E-state index contributed by atoms with van der Waals surface area (Å²) in [5.74, 6) is 0. The number of urea groups is 1. The van der Waals surface area contributed by atoms with Gasteiger partial charge in [-0.2, -0.15) is 0 Å². The summed E-state index contributed by atoms with van der Waals surface area (Å²) >= 11 is 0. The van der Waals surface area contributed by atoms with Gasteiger partial charge in [0.2, 0.25) is 0 Å². The standard InChI is InChI=1S/C21H28N4O2/c1-16-14-25(15-17(2)27-16)20-10-5-4-9-19(20)23-21(26)24(3)13-11-18-8-6-7-12-22-18/h4-10,12,16-17H,11,13-15H2,1-3H3,(H,23,26)/t16-,17-/m1/s1. The number of anilines is 2. The van der Waals surface area contributed by atoms with E-state index in [2.05, 4.69) is 29.0 Å². The van der Waals surface area contributed by atoms with Gasteiger partial charge in [-0.05, 0) is 38.1 Å². The van der Waals surface area contributed by atoms with Gasteiger partial charge in [0.25, 0.3) is 0 Å². The minimum absolute atomic E-state index is 0.118. The number of nitrogens with one attached hydrogen (secondary N) is 1.